The normalized spacial score (nSPS) is 13.8. The number of hydrogen-bond donors (Lipinski definition) is 2. The van der Waals surface area contributed by atoms with Crippen LogP contribution in [0.2, 0.25) is 0 Å². The molecule has 64 heavy (non-hydrogen) atoms. The third-order valence-corrected chi connectivity index (χ3v) is 13.2. The van der Waals surface area contributed by atoms with Gasteiger partial charge in [0.25, 0.3) is 0 Å². The van der Waals surface area contributed by atoms with Crippen LogP contribution in [0.15, 0.2) is 72.8 Å². The van der Waals surface area contributed by atoms with Crippen LogP contribution in [-0.4, -0.2) is 10.2 Å². The molecular formula is C62H86O2. The Labute approximate surface area is 391 Å². The lowest BCUT2D eigenvalue weighted by molar-refractivity contribution is 0.464. The van der Waals surface area contributed by atoms with E-state index in [0.717, 1.165) is 66.8 Å². The molecule has 2 nitrogen and oxygen atoms in total. The summed E-state index contributed by atoms with van der Waals surface area (Å²) in [7, 11) is 0. The molecule has 0 aliphatic carbocycles. The van der Waals surface area contributed by atoms with Crippen LogP contribution in [0.1, 0.15) is 211 Å². The SMILES string of the molecule is CC(C)(C)c1cccc(C(C)(C)C)c1-c1c(O)c(-c2c(C(C)(C)C)cccc2C(C)(C)C)c(-c2c(C(C)(C)C)cccc2C(C)(C)C)c(O)c1-c1c(C(C)(C)C)cccc1C(C)(C)C. The van der Waals surface area contributed by atoms with Gasteiger partial charge in [0, 0.05) is 22.3 Å². The Morgan fingerprint density at radius 3 is 0.406 bits per heavy atom. The molecule has 5 rings (SSSR count). The van der Waals surface area contributed by atoms with Crippen LogP contribution in [0, 0.1) is 0 Å². The van der Waals surface area contributed by atoms with Crippen LogP contribution in [0.3, 0.4) is 0 Å². The average Bonchev–Trinajstić information content (AvgIpc) is 3.11. The van der Waals surface area contributed by atoms with Gasteiger partial charge in [0.2, 0.25) is 0 Å². The number of aromatic hydroxyl groups is 2. The number of rotatable bonds is 4. The maximum atomic E-state index is 14.5. The Kier molecular flexibility index (Phi) is 12.9. The van der Waals surface area contributed by atoms with Crippen LogP contribution >= 0.6 is 0 Å². The zero-order chi connectivity index (χ0) is 48.9. The Morgan fingerprint density at radius 1 is 0.203 bits per heavy atom. The lowest BCUT2D eigenvalue weighted by Crippen LogP contribution is -2.23. The minimum Gasteiger partial charge on any atom is -0.507 e. The molecular weight excluding hydrogens is 777 g/mol. The van der Waals surface area contributed by atoms with E-state index in [-0.39, 0.29) is 54.8 Å². The predicted octanol–water partition coefficient (Wildman–Crippen LogP) is 18.1. The summed E-state index contributed by atoms with van der Waals surface area (Å²) in [6.45, 7) is 54.6. The van der Waals surface area contributed by atoms with Gasteiger partial charge in [0.15, 0.2) is 0 Å². The molecule has 0 saturated carbocycles. The van der Waals surface area contributed by atoms with Crippen molar-refractivity contribution in [2.75, 3.05) is 0 Å². The Hall–Kier alpha value is -4.30. The van der Waals surface area contributed by atoms with Gasteiger partial charge in [-0.2, -0.15) is 0 Å². The van der Waals surface area contributed by atoms with E-state index in [4.69, 9.17) is 0 Å². The van der Waals surface area contributed by atoms with Gasteiger partial charge in [0.1, 0.15) is 11.5 Å². The zero-order valence-electron chi connectivity index (χ0n) is 44.8. The molecule has 0 unspecified atom stereocenters. The molecule has 0 aliphatic heterocycles. The van der Waals surface area contributed by atoms with Gasteiger partial charge in [-0.1, -0.05) is 239 Å². The maximum Gasteiger partial charge on any atom is 0.132 e. The quantitative estimate of drug-likeness (QED) is 0.177. The highest BCUT2D eigenvalue weighted by Gasteiger charge is 2.41. The van der Waals surface area contributed by atoms with Crippen LogP contribution in [0.4, 0.5) is 0 Å². The summed E-state index contributed by atoms with van der Waals surface area (Å²) in [4.78, 5) is 0. The molecule has 0 aliphatic rings. The minimum absolute atomic E-state index is 0.208. The molecule has 0 atom stereocenters. The summed E-state index contributed by atoms with van der Waals surface area (Å²) in [5.41, 5.74) is 13.3. The van der Waals surface area contributed by atoms with Crippen molar-refractivity contribution in [1.82, 2.24) is 0 Å². The minimum atomic E-state index is -0.316. The first-order valence-corrected chi connectivity index (χ1v) is 23.9. The zero-order valence-corrected chi connectivity index (χ0v) is 44.8. The van der Waals surface area contributed by atoms with Crippen LogP contribution < -0.4 is 0 Å². The van der Waals surface area contributed by atoms with Gasteiger partial charge in [-0.15, -0.1) is 0 Å². The molecule has 0 radical (unpaired) electrons. The van der Waals surface area contributed by atoms with Gasteiger partial charge < -0.3 is 10.2 Å². The van der Waals surface area contributed by atoms with Crippen molar-refractivity contribution in [3.8, 4) is 56.0 Å². The lowest BCUT2D eigenvalue weighted by atomic mass is 9.66. The number of phenols is 2. The molecule has 0 saturated heterocycles. The Morgan fingerprint density at radius 2 is 0.312 bits per heavy atom. The van der Waals surface area contributed by atoms with E-state index in [1.807, 2.05) is 0 Å². The fourth-order valence-corrected chi connectivity index (χ4v) is 9.98. The van der Waals surface area contributed by atoms with E-state index in [9.17, 15) is 10.2 Å². The van der Waals surface area contributed by atoms with Crippen molar-refractivity contribution in [3.05, 3.63) is 117 Å². The van der Waals surface area contributed by atoms with Crippen molar-refractivity contribution in [3.63, 3.8) is 0 Å². The number of benzene rings is 5. The highest BCUT2D eigenvalue weighted by Crippen LogP contribution is 2.63. The second-order valence-electron chi connectivity index (χ2n) is 27.1. The smallest absolute Gasteiger partial charge is 0.132 e. The van der Waals surface area contributed by atoms with Crippen LogP contribution in [0.5, 0.6) is 11.5 Å². The number of phenolic OH excluding ortho intramolecular Hbond substituents is 2. The summed E-state index contributed by atoms with van der Waals surface area (Å²) in [5.74, 6) is 0.415. The molecule has 0 aromatic heterocycles. The first-order chi connectivity index (χ1) is 28.7. The molecule has 2 heteroatoms. The molecule has 0 heterocycles. The van der Waals surface area contributed by atoms with Crippen molar-refractivity contribution >= 4 is 0 Å². The first kappa shape index (κ1) is 50.7. The van der Waals surface area contributed by atoms with Crippen molar-refractivity contribution in [1.29, 1.82) is 0 Å². The summed E-state index contributed by atoms with van der Waals surface area (Å²) in [6, 6.07) is 26.7. The third kappa shape index (κ3) is 9.50. The number of hydrogen-bond acceptors (Lipinski definition) is 2. The van der Waals surface area contributed by atoms with Gasteiger partial charge in [-0.25, -0.2) is 0 Å². The molecule has 0 bridgehead atoms. The molecule has 0 fully saturated rings. The standard InChI is InChI=1S/C62H86O2/c1-55(2,3)37-29-25-30-38(56(4,5)6)45(37)49-50(46-39(57(7,8)9)31-26-32-40(46)58(10,11)12)54(64)52(48-43(61(19,20)21)35-28-36-44(48)62(22,23)24)51(53(49)63)47-41(59(13,14)15)33-27-34-42(47)60(16,17)18/h25-36,63-64H,1-24H3. The van der Waals surface area contributed by atoms with Gasteiger partial charge in [-0.05, 0) is 110 Å². The summed E-state index contributed by atoms with van der Waals surface area (Å²) in [6.07, 6.45) is 0. The van der Waals surface area contributed by atoms with Gasteiger partial charge >= 0.3 is 0 Å². The predicted molar refractivity (Wildman–Crippen MR) is 281 cm³/mol. The molecule has 5 aromatic carbocycles. The third-order valence-electron chi connectivity index (χ3n) is 13.2. The average molecular weight is 863 g/mol. The monoisotopic (exact) mass is 863 g/mol. The fraction of sp³-hybridized carbons (Fsp3) is 0.516. The van der Waals surface area contributed by atoms with E-state index in [1.54, 1.807) is 0 Å². The molecule has 5 aromatic rings. The molecule has 346 valence electrons. The summed E-state index contributed by atoms with van der Waals surface area (Å²) in [5, 5.41) is 29.1. The van der Waals surface area contributed by atoms with E-state index in [2.05, 4.69) is 239 Å². The first-order valence-electron chi connectivity index (χ1n) is 23.9. The Bertz CT molecular complexity index is 2070. The van der Waals surface area contributed by atoms with E-state index < -0.39 is 0 Å². The topological polar surface area (TPSA) is 40.5 Å². The van der Waals surface area contributed by atoms with Crippen LogP contribution in [-0.2, 0) is 43.3 Å². The lowest BCUT2D eigenvalue weighted by Gasteiger charge is -2.38. The molecule has 2 N–H and O–H groups in total. The van der Waals surface area contributed by atoms with Gasteiger partial charge in [0.05, 0.1) is 0 Å². The second-order valence-corrected chi connectivity index (χ2v) is 27.1. The van der Waals surface area contributed by atoms with E-state index in [1.165, 1.54) is 0 Å². The molecule has 0 spiro atoms. The van der Waals surface area contributed by atoms with Crippen LogP contribution in [0.25, 0.3) is 44.5 Å². The van der Waals surface area contributed by atoms with Gasteiger partial charge in [-0.3, -0.25) is 0 Å². The summed E-state index contributed by atoms with van der Waals surface area (Å²) < 4.78 is 0. The van der Waals surface area contributed by atoms with Crippen molar-refractivity contribution in [2.24, 2.45) is 0 Å². The van der Waals surface area contributed by atoms with Crippen molar-refractivity contribution < 1.29 is 10.2 Å². The highest BCUT2D eigenvalue weighted by molar-refractivity contribution is 6.09. The highest BCUT2D eigenvalue weighted by atomic mass is 16.3. The molecule has 0 amide bonds. The maximum absolute atomic E-state index is 14.5. The van der Waals surface area contributed by atoms with E-state index in [0.29, 0.717) is 22.3 Å². The summed E-state index contributed by atoms with van der Waals surface area (Å²) >= 11 is 0. The Balaban J connectivity index is 2.47. The second kappa shape index (κ2) is 16.2. The van der Waals surface area contributed by atoms with Crippen molar-refractivity contribution in [2.45, 2.75) is 209 Å². The largest absolute Gasteiger partial charge is 0.507 e. The fourth-order valence-electron chi connectivity index (χ4n) is 9.98. The van der Waals surface area contributed by atoms with E-state index >= 15 is 0 Å².